The van der Waals surface area contributed by atoms with Crippen molar-refractivity contribution in [2.24, 2.45) is 5.10 Å². The van der Waals surface area contributed by atoms with Crippen molar-refractivity contribution in [2.45, 2.75) is 33.1 Å². The van der Waals surface area contributed by atoms with Crippen molar-refractivity contribution in [1.82, 2.24) is 15.2 Å². The summed E-state index contributed by atoms with van der Waals surface area (Å²) in [4.78, 5) is 14.6. The first-order valence-electron chi connectivity index (χ1n) is 7.40. The summed E-state index contributed by atoms with van der Waals surface area (Å²) in [6, 6.07) is 7.53. The molecule has 0 saturated carbocycles. The molecule has 0 aliphatic carbocycles. The summed E-state index contributed by atoms with van der Waals surface area (Å²) in [6.45, 7) is 8.21. The normalized spacial score (nSPS) is 11.7. The third-order valence-electron chi connectivity index (χ3n) is 3.00. The van der Waals surface area contributed by atoms with Gasteiger partial charge in [-0.3, -0.25) is 9.78 Å². The van der Waals surface area contributed by atoms with Crippen LogP contribution in [-0.2, 0) is 5.41 Å². The number of nitrogens with zero attached hydrogens (tertiary/aromatic N) is 3. The summed E-state index contributed by atoms with van der Waals surface area (Å²) in [5, 5.41) is 12.0. The van der Waals surface area contributed by atoms with Crippen molar-refractivity contribution in [3.05, 3.63) is 45.9 Å². The van der Waals surface area contributed by atoms with Gasteiger partial charge in [-0.05, 0) is 19.1 Å². The van der Waals surface area contributed by atoms with Crippen molar-refractivity contribution < 1.29 is 4.74 Å². The number of nitrogens with one attached hydrogen (secondary N) is 2. The molecule has 0 saturated heterocycles. The zero-order chi connectivity index (χ0) is 16.9. The molecule has 1 aromatic heterocycles. The van der Waals surface area contributed by atoms with Gasteiger partial charge in [0.1, 0.15) is 11.4 Å². The number of para-hydroxylation sites is 1. The average molecular weight is 315 g/mol. The fourth-order valence-corrected chi connectivity index (χ4v) is 1.92. The smallest absolute Gasteiger partial charge is 0.274 e. The van der Waals surface area contributed by atoms with E-state index in [4.69, 9.17) is 4.74 Å². The molecule has 0 amide bonds. The number of anilines is 1. The van der Waals surface area contributed by atoms with Crippen LogP contribution < -0.4 is 15.7 Å². The Morgan fingerprint density at radius 2 is 2.04 bits per heavy atom. The molecule has 1 heterocycles. The van der Waals surface area contributed by atoms with E-state index in [-0.39, 0.29) is 16.9 Å². The standard InChI is InChI=1S/C16H21N5O2/c1-5-23-12-9-7-6-8-11(12)10-17-20-15-18-14(22)13(19-21-15)16(2,3)4/h6-10H,5H2,1-4H3,(H2,18,20,21,22)/b17-10+. The Bertz CT molecular complexity index is 747. The lowest BCUT2D eigenvalue weighted by Gasteiger charge is -2.15. The van der Waals surface area contributed by atoms with Crippen LogP contribution in [0, 0.1) is 0 Å². The highest BCUT2D eigenvalue weighted by Crippen LogP contribution is 2.16. The number of hydrogen-bond acceptors (Lipinski definition) is 6. The third-order valence-corrected chi connectivity index (χ3v) is 3.00. The largest absolute Gasteiger partial charge is 0.493 e. The highest BCUT2D eigenvalue weighted by Gasteiger charge is 2.20. The number of hydrazone groups is 1. The van der Waals surface area contributed by atoms with Gasteiger partial charge in [-0.2, -0.15) is 5.10 Å². The minimum absolute atomic E-state index is 0.188. The molecule has 0 spiro atoms. The molecular weight excluding hydrogens is 294 g/mol. The Morgan fingerprint density at radius 3 is 2.70 bits per heavy atom. The van der Waals surface area contributed by atoms with E-state index < -0.39 is 0 Å². The molecule has 7 nitrogen and oxygen atoms in total. The number of H-pyrrole nitrogens is 1. The number of benzene rings is 1. The third kappa shape index (κ3) is 4.38. The van der Waals surface area contributed by atoms with Crippen molar-refractivity contribution in [1.29, 1.82) is 0 Å². The first-order valence-corrected chi connectivity index (χ1v) is 7.40. The summed E-state index contributed by atoms with van der Waals surface area (Å²) < 4.78 is 5.51. The highest BCUT2D eigenvalue weighted by molar-refractivity contribution is 5.83. The minimum Gasteiger partial charge on any atom is -0.493 e. The van der Waals surface area contributed by atoms with E-state index in [0.29, 0.717) is 12.3 Å². The summed E-state index contributed by atoms with van der Waals surface area (Å²) in [6.07, 6.45) is 1.60. The lowest BCUT2D eigenvalue weighted by atomic mass is 9.93. The quantitative estimate of drug-likeness (QED) is 0.652. The van der Waals surface area contributed by atoms with Crippen molar-refractivity contribution in [2.75, 3.05) is 12.0 Å². The lowest BCUT2D eigenvalue weighted by molar-refractivity contribution is 0.340. The van der Waals surface area contributed by atoms with Crippen LogP contribution in [0.5, 0.6) is 5.75 Å². The molecule has 122 valence electrons. The predicted octanol–water partition coefficient (Wildman–Crippen LogP) is 2.31. The molecule has 0 aliphatic heterocycles. The van der Waals surface area contributed by atoms with E-state index in [9.17, 15) is 4.79 Å². The molecular formula is C16H21N5O2. The van der Waals surface area contributed by atoms with Crippen LogP contribution in [0.25, 0.3) is 0 Å². The van der Waals surface area contributed by atoms with Gasteiger partial charge in [0.15, 0.2) is 0 Å². The molecule has 0 radical (unpaired) electrons. The van der Waals surface area contributed by atoms with Crippen molar-refractivity contribution in [3.63, 3.8) is 0 Å². The van der Waals surface area contributed by atoms with Gasteiger partial charge in [0.25, 0.3) is 5.56 Å². The number of rotatable bonds is 5. The fraction of sp³-hybridized carbons (Fsp3) is 0.375. The van der Waals surface area contributed by atoms with E-state index in [0.717, 1.165) is 11.3 Å². The number of aromatic nitrogens is 3. The first-order chi connectivity index (χ1) is 10.9. The maximum absolute atomic E-state index is 12.0. The molecule has 23 heavy (non-hydrogen) atoms. The van der Waals surface area contributed by atoms with Crippen LogP contribution in [0.2, 0.25) is 0 Å². The van der Waals surface area contributed by atoms with Gasteiger partial charge in [-0.25, -0.2) is 5.43 Å². The summed E-state index contributed by atoms with van der Waals surface area (Å²) in [7, 11) is 0. The average Bonchev–Trinajstić information content (AvgIpc) is 2.48. The first kappa shape index (κ1) is 16.7. The summed E-state index contributed by atoms with van der Waals surface area (Å²) in [5.74, 6) is 0.927. The second kappa shape index (κ2) is 7.04. The number of ether oxygens (including phenoxy) is 1. The summed E-state index contributed by atoms with van der Waals surface area (Å²) in [5.41, 5.74) is 3.23. The van der Waals surface area contributed by atoms with Gasteiger partial charge in [0.2, 0.25) is 5.95 Å². The zero-order valence-corrected chi connectivity index (χ0v) is 13.8. The second-order valence-electron chi connectivity index (χ2n) is 5.94. The maximum Gasteiger partial charge on any atom is 0.274 e. The Kier molecular flexibility index (Phi) is 5.10. The molecule has 2 rings (SSSR count). The predicted molar refractivity (Wildman–Crippen MR) is 90.2 cm³/mol. The second-order valence-corrected chi connectivity index (χ2v) is 5.94. The zero-order valence-electron chi connectivity index (χ0n) is 13.8. The van der Waals surface area contributed by atoms with Crippen LogP contribution in [0.3, 0.4) is 0 Å². The molecule has 2 N–H and O–H groups in total. The maximum atomic E-state index is 12.0. The molecule has 2 aromatic rings. The van der Waals surface area contributed by atoms with Crippen LogP contribution >= 0.6 is 0 Å². The lowest BCUT2D eigenvalue weighted by Crippen LogP contribution is -2.28. The van der Waals surface area contributed by atoms with Gasteiger partial charge < -0.3 is 4.74 Å². The van der Waals surface area contributed by atoms with E-state index >= 15 is 0 Å². The Hall–Kier alpha value is -2.70. The van der Waals surface area contributed by atoms with Crippen molar-refractivity contribution in [3.8, 4) is 5.75 Å². The van der Waals surface area contributed by atoms with E-state index in [2.05, 4.69) is 25.7 Å². The molecule has 0 unspecified atom stereocenters. The van der Waals surface area contributed by atoms with Gasteiger partial charge in [-0.1, -0.05) is 32.9 Å². The van der Waals surface area contributed by atoms with E-state index in [1.165, 1.54) is 0 Å². The van der Waals surface area contributed by atoms with Crippen LogP contribution in [0.15, 0.2) is 34.2 Å². The molecule has 0 aliphatic rings. The van der Waals surface area contributed by atoms with Crippen LogP contribution in [0.1, 0.15) is 39.0 Å². The van der Waals surface area contributed by atoms with Gasteiger partial charge in [-0.15, -0.1) is 10.2 Å². The topological polar surface area (TPSA) is 92.3 Å². The molecule has 0 bridgehead atoms. The Balaban J connectivity index is 2.12. The van der Waals surface area contributed by atoms with Crippen LogP contribution in [0.4, 0.5) is 5.95 Å². The molecule has 7 heteroatoms. The molecule has 1 aromatic carbocycles. The Morgan fingerprint density at radius 1 is 1.30 bits per heavy atom. The monoisotopic (exact) mass is 315 g/mol. The van der Waals surface area contributed by atoms with E-state index in [1.807, 2.05) is 52.0 Å². The fourth-order valence-electron chi connectivity index (χ4n) is 1.92. The van der Waals surface area contributed by atoms with Gasteiger partial charge >= 0.3 is 0 Å². The molecule has 0 fully saturated rings. The van der Waals surface area contributed by atoms with Crippen molar-refractivity contribution >= 4 is 12.2 Å². The van der Waals surface area contributed by atoms with E-state index in [1.54, 1.807) is 6.21 Å². The Labute approximate surface area is 134 Å². The summed E-state index contributed by atoms with van der Waals surface area (Å²) >= 11 is 0. The van der Waals surface area contributed by atoms with Crippen LogP contribution in [-0.4, -0.2) is 28.0 Å². The minimum atomic E-state index is -0.362. The van der Waals surface area contributed by atoms with Gasteiger partial charge in [0.05, 0.1) is 12.8 Å². The molecule has 0 atom stereocenters. The number of hydrogen-bond donors (Lipinski definition) is 2. The highest BCUT2D eigenvalue weighted by atomic mass is 16.5. The SMILES string of the molecule is CCOc1ccccc1/C=N/Nc1nnc(C(C)(C)C)c(=O)[nH]1. The van der Waals surface area contributed by atoms with Gasteiger partial charge in [0, 0.05) is 11.0 Å². The number of aromatic amines is 1.